The van der Waals surface area contributed by atoms with Crippen molar-refractivity contribution in [3.8, 4) is 5.75 Å². The van der Waals surface area contributed by atoms with Crippen molar-refractivity contribution in [2.24, 2.45) is 0 Å². The number of nitrogens with zero attached hydrogens (tertiary/aromatic N) is 1. The highest BCUT2D eigenvalue weighted by Crippen LogP contribution is 2.18. The number of sulfonamides is 1. The zero-order valence-corrected chi connectivity index (χ0v) is 18.1. The summed E-state index contributed by atoms with van der Waals surface area (Å²) >= 11 is 0. The van der Waals surface area contributed by atoms with Gasteiger partial charge in [0.2, 0.25) is 10.0 Å². The molecule has 162 valence electrons. The fraction of sp³-hybridized carbons (Fsp3) is 0.333. The summed E-state index contributed by atoms with van der Waals surface area (Å²) in [6.07, 6.45) is 0.490. The molecule has 0 aliphatic rings. The van der Waals surface area contributed by atoms with Crippen LogP contribution in [0.2, 0.25) is 0 Å². The number of phenolic OH excluding ortho intramolecular Hbond substituents is 1. The van der Waals surface area contributed by atoms with Crippen LogP contribution in [0.3, 0.4) is 0 Å². The molecule has 3 N–H and O–H groups in total. The Morgan fingerprint density at radius 1 is 0.967 bits per heavy atom. The lowest BCUT2D eigenvalue weighted by Gasteiger charge is -2.21. The first-order valence-corrected chi connectivity index (χ1v) is 11.0. The number of aromatic hydroxyl groups is 1. The minimum atomic E-state index is -3.67. The van der Waals surface area contributed by atoms with Crippen LogP contribution in [0.15, 0.2) is 53.4 Å². The molecule has 0 aromatic heterocycles. The molecule has 2 rings (SSSR count). The van der Waals surface area contributed by atoms with Gasteiger partial charge in [-0.1, -0.05) is 12.1 Å². The molecule has 30 heavy (non-hydrogen) atoms. The van der Waals surface area contributed by atoms with Crippen LogP contribution in [0.25, 0.3) is 0 Å². The topological polar surface area (TPSA) is 116 Å². The second kappa shape index (κ2) is 10.2. The molecule has 0 saturated heterocycles. The lowest BCUT2D eigenvalue weighted by atomic mass is 10.2. The number of hydrogen-bond donors (Lipinski definition) is 3. The largest absolute Gasteiger partial charge is 0.508 e. The van der Waals surface area contributed by atoms with E-state index in [0.717, 1.165) is 0 Å². The van der Waals surface area contributed by atoms with E-state index in [1.54, 1.807) is 32.0 Å². The van der Waals surface area contributed by atoms with Gasteiger partial charge in [-0.15, -0.1) is 0 Å². The van der Waals surface area contributed by atoms with Crippen molar-refractivity contribution in [3.63, 3.8) is 0 Å². The van der Waals surface area contributed by atoms with E-state index in [1.165, 1.54) is 41.7 Å². The number of benzene rings is 2. The van der Waals surface area contributed by atoms with E-state index >= 15 is 0 Å². The van der Waals surface area contributed by atoms with Crippen molar-refractivity contribution in [1.29, 1.82) is 0 Å². The van der Waals surface area contributed by atoms with Crippen molar-refractivity contribution in [1.82, 2.24) is 14.9 Å². The summed E-state index contributed by atoms with van der Waals surface area (Å²) in [5, 5.41) is 14.8. The third-order valence-electron chi connectivity index (χ3n) is 4.53. The lowest BCUT2D eigenvalue weighted by molar-refractivity contribution is 0.0951. The molecule has 2 aromatic carbocycles. The third kappa shape index (κ3) is 6.04. The van der Waals surface area contributed by atoms with Crippen molar-refractivity contribution in [2.45, 2.75) is 31.2 Å². The third-order valence-corrected chi connectivity index (χ3v) is 6.56. The Hall–Kier alpha value is -2.91. The Kier molecular flexibility index (Phi) is 7.96. The highest BCUT2D eigenvalue weighted by Gasteiger charge is 2.23. The predicted molar refractivity (Wildman–Crippen MR) is 114 cm³/mol. The van der Waals surface area contributed by atoms with Crippen molar-refractivity contribution >= 4 is 21.8 Å². The smallest absolute Gasteiger partial charge is 0.251 e. The molecule has 0 atom stereocenters. The number of phenols is 1. The van der Waals surface area contributed by atoms with Crippen LogP contribution >= 0.6 is 0 Å². The van der Waals surface area contributed by atoms with Gasteiger partial charge < -0.3 is 15.7 Å². The summed E-state index contributed by atoms with van der Waals surface area (Å²) in [5.74, 6) is -0.693. The standard InChI is InChI=1S/C21H27N3O5S/c1-15(2)24(3)30(28,29)19-10-5-8-17(14-19)21(27)23-12-6-11-22-20(26)16-7-4-9-18(25)13-16/h4-5,7-10,13-15,25H,6,11-12H2,1-3H3,(H,22,26)(H,23,27). The maximum absolute atomic E-state index is 12.6. The summed E-state index contributed by atoms with van der Waals surface area (Å²) < 4.78 is 26.4. The van der Waals surface area contributed by atoms with Crippen molar-refractivity contribution in [3.05, 3.63) is 59.7 Å². The molecule has 0 spiro atoms. The van der Waals surface area contributed by atoms with E-state index in [4.69, 9.17) is 0 Å². The van der Waals surface area contributed by atoms with Gasteiger partial charge in [0.25, 0.3) is 11.8 Å². The average Bonchev–Trinajstić information content (AvgIpc) is 2.72. The summed E-state index contributed by atoms with van der Waals surface area (Å²) in [5.41, 5.74) is 0.598. The average molecular weight is 434 g/mol. The van der Waals surface area contributed by atoms with Gasteiger partial charge in [0.1, 0.15) is 5.75 Å². The van der Waals surface area contributed by atoms with Gasteiger partial charge >= 0.3 is 0 Å². The Morgan fingerprint density at radius 3 is 2.03 bits per heavy atom. The molecule has 0 saturated carbocycles. The van der Waals surface area contributed by atoms with Gasteiger partial charge in [-0.2, -0.15) is 4.31 Å². The predicted octanol–water partition coefficient (Wildman–Crippen LogP) is 1.97. The van der Waals surface area contributed by atoms with E-state index in [0.29, 0.717) is 25.1 Å². The highest BCUT2D eigenvalue weighted by atomic mass is 32.2. The van der Waals surface area contributed by atoms with Crippen LogP contribution < -0.4 is 10.6 Å². The van der Waals surface area contributed by atoms with Crippen LogP contribution in [0.4, 0.5) is 0 Å². The molecule has 8 nitrogen and oxygen atoms in total. The van der Waals surface area contributed by atoms with E-state index < -0.39 is 15.9 Å². The van der Waals surface area contributed by atoms with E-state index in [2.05, 4.69) is 10.6 Å². The first-order valence-electron chi connectivity index (χ1n) is 9.56. The van der Waals surface area contributed by atoms with Crippen LogP contribution in [-0.4, -0.2) is 55.8 Å². The number of amides is 2. The van der Waals surface area contributed by atoms with Gasteiger partial charge in [0, 0.05) is 37.3 Å². The van der Waals surface area contributed by atoms with Crippen LogP contribution in [0.1, 0.15) is 41.0 Å². The normalized spacial score (nSPS) is 11.5. The maximum Gasteiger partial charge on any atom is 0.251 e. The number of nitrogens with one attached hydrogen (secondary N) is 2. The molecular formula is C21H27N3O5S. The van der Waals surface area contributed by atoms with E-state index in [9.17, 15) is 23.1 Å². The molecule has 0 fully saturated rings. The fourth-order valence-corrected chi connectivity index (χ4v) is 4.00. The van der Waals surface area contributed by atoms with Crippen molar-refractivity contribution < 1.29 is 23.1 Å². The van der Waals surface area contributed by atoms with Crippen LogP contribution in [-0.2, 0) is 10.0 Å². The zero-order valence-electron chi connectivity index (χ0n) is 17.3. The van der Waals surface area contributed by atoms with Gasteiger partial charge in [0.05, 0.1) is 4.90 Å². The highest BCUT2D eigenvalue weighted by molar-refractivity contribution is 7.89. The molecule has 9 heteroatoms. The molecule has 0 aliphatic heterocycles. The molecule has 0 heterocycles. The molecular weight excluding hydrogens is 406 g/mol. The minimum Gasteiger partial charge on any atom is -0.508 e. The fourth-order valence-electron chi connectivity index (χ4n) is 2.59. The lowest BCUT2D eigenvalue weighted by Crippen LogP contribution is -2.33. The molecule has 0 aliphatic carbocycles. The minimum absolute atomic E-state index is 0.0127. The summed E-state index contributed by atoms with van der Waals surface area (Å²) in [4.78, 5) is 24.4. The van der Waals surface area contributed by atoms with Gasteiger partial charge in [-0.3, -0.25) is 9.59 Å². The number of rotatable bonds is 9. The van der Waals surface area contributed by atoms with Crippen molar-refractivity contribution in [2.75, 3.05) is 20.1 Å². The maximum atomic E-state index is 12.6. The Balaban J connectivity index is 1.86. The molecule has 0 radical (unpaired) electrons. The Bertz CT molecular complexity index is 1010. The van der Waals surface area contributed by atoms with Crippen LogP contribution in [0, 0.1) is 0 Å². The number of hydrogen-bond acceptors (Lipinski definition) is 5. The van der Waals surface area contributed by atoms with Gasteiger partial charge in [0.15, 0.2) is 0 Å². The molecule has 2 amide bonds. The molecule has 2 aromatic rings. The second-order valence-corrected chi connectivity index (χ2v) is 9.06. The number of carbonyl (C=O) groups excluding carboxylic acids is 2. The first kappa shape index (κ1) is 23.4. The molecule has 0 unspecified atom stereocenters. The zero-order chi connectivity index (χ0) is 22.3. The van der Waals surface area contributed by atoms with Gasteiger partial charge in [-0.25, -0.2) is 8.42 Å². The summed E-state index contributed by atoms with van der Waals surface area (Å²) in [6, 6.07) is 11.7. The number of carbonyl (C=O) groups is 2. The second-order valence-electron chi connectivity index (χ2n) is 7.06. The van der Waals surface area contributed by atoms with E-state index in [1.807, 2.05) is 0 Å². The summed E-state index contributed by atoms with van der Waals surface area (Å²) in [6.45, 7) is 4.19. The monoisotopic (exact) mass is 433 g/mol. The Morgan fingerprint density at radius 2 is 1.50 bits per heavy atom. The summed E-state index contributed by atoms with van der Waals surface area (Å²) in [7, 11) is -2.18. The first-order chi connectivity index (χ1) is 14.1. The molecule has 0 bridgehead atoms. The van der Waals surface area contributed by atoms with Crippen LogP contribution in [0.5, 0.6) is 5.75 Å². The van der Waals surface area contributed by atoms with E-state index in [-0.39, 0.29) is 28.2 Å². The Labute approximate surface area is 177 Å². The van der Waals surface area contributed by atoms with Gasteiger partial charge in [-0.05, 0) is 56.7 Å². The quantitative estimate of drug-likeness (QED) is 0.523. The SMILES string of the molecule is CC(C)N(C)S(=O)(=O)c1cccc(C(=O)NCCCNC(=O)c2cccc(O)c2)c1.